The SMILES string of the molecule is CSC1=CN=NC(=O)C1N1CCOCC1. The van der Waals surface area contributed by atoms with E-state index >= 15 is 0 Å². The van der Waals surface area contributed by atoms with Gasteiger partial charge in [-0.05, 0) is 6.26 Å². The molecule has 2 heterocycles. The monoisotopic (exact) mass is 227 g/mol. The number of ether oxygens (including phenoxy) is 1. The molecular weight excluding hydrogens is 214 g/mol. The van der Waals surface area contributed by atoms with Gasteiger partial charge in [-0.15, -0.1) is 16.9 Å². The van der Waals surface area contributed by atoms with Gasteiger partial charge in [0, 0.05) is 18.0 Å². The molecule has 0 aliphatic carbocycles. The summed E-state index contributed by atoms with van der Waals surface area (Å²) in [5, 5.41) is 7.29. The van der Waals surface area contributed by atoms with Crippen LogP contribution in [0.3, 0.4) is 0 Å². The molecule has 1 unspecified atom stereocenters. The molecular formula is C9H13N3O2S. The highest BCUT2D eigenvalue weighted by Gasteiger charge is 2.32. The van der Waals surface area contributed by atoms with E-state index < -0.39 is 0 Å². The predicted molar refractivity (Wildman–Crippen MR) is 57.6 cm³/mol. The van der Waals surface area contributed by atoms with Gasteiger partial charge in [-0.3, -0.25) is 9.69 Å². The summed E-state index contributed by atoms with van der Waals surface area (Å²) >= 11 is 1.56. The van der Waals surface area contributed by atoms with E-state index in [9.17, 15) is 4.79 Å². The number of hydrogen-bond acceptors (Lipinski definition) is 5. The van der Waals surface area contributed by atoms with Gasteiger partial charge in [0.05, 0.1) is 19.4 Å². The Morgan fingerprint density at radius 2 is 2.27 bits per heavy atom. The number of carbonyl (C=O) groups is 1. The molecule has 1 amide bonds. The fraction of sp³-hybridized carbons (Fsp3) is 0.667. The molecule has 0 N–H and O–H groups in total. The Morgan fingerprint density at radius 3 is 2.93 bits per heavy atom. The van der Waals surface area contributed by atoms with E-state index in [0.717, 1.165) is 18.0 Å². The lowest BCUT2D eigenvalue weighted by Crippen LogP contribution is -2.47. The van der Waals surface area contributed by atoms with Crippen LogP contribution in [0.4, 0.5) is 0 Å². The number of carbonyl (C=O) groups excluding carboxylic acids is 1. The average molecular weight is 227 g/mol. The summed E-state index contributed by atoms with van der Waals surface area (Å²) in [5.74, 6) is -0.163. The Balaban J connectivity index is 2.14. The quantitative estimate of drug-likeness (QED) is 0.703. The van der Waals surface area contributed by atoms with Gasteiger partial charge in [-0.25, -0.2) is 0 Å². The van der Waals surface area contributed by atoms with Crippen LogP contribution in [-0.2, 0) is 9.53 Å². The van der Waals surface area contributed by atoms with Crippen molar-refractivity contribution in [2.75, 3.05) is 32.6 Å². The summed E-state index contributed by atoms with van der Waals surface area (Å²) in [4.78, 5) is 14.7. The predicted octanol–water partition coefficient (Wildman–Crippen LogP) is 0.884. The smallest absolute Gasteiger partial charge is 0.286 e. The van der Waals surface area contributed by atoms with Crippen LogP contribution < -0.4 is 0 Å². The third-order valence-electron chi connectivity index (χ3n) is 2.49. The van der Waals surface area contributed by atoms with Crippen LogP contribution in [-0.4, -0.2) is 49.4 Å². The maximum Gasteiger partial charge on any atom is 0.286 e. The molecule has 2 aliphatic rings. The van der Waals surface area contributed by atoms with Gasteiger partial charge in [0.1, 0.15) is 6.04 Å². The zero-order chi connectivity index (χ0) is 10.7. The van der Waals surface area contributed by atoms with E-state index in [1.165, 1.54) is 0 Å². The van der Waals surface area contributed by atoms with Gasteiger partial charge in [0.25, 0.3) is 5.91 Å². The molecule has 1 atom stereocenters. The molecule has 0 spiro atoms. The molecule has 0 bridgehead atoms. The van der Waals surface area contributed by atoms with Crippen LogP contribution in [0.1, 0.15) is 0 Å². The van der Waals surface area contributed by atoms with E-state index in [4.69, 9.17) is 4.74 Å². The van der Waals surface area contributed by atoms with Crippen molar-refractivity contribution in [3.05, 3.63) is 11.1 Å². The lowest BCUT2D eigenvalue weighted by molar-refractivity contribution is -0.123. The molecule has 0 radical (unpaired) electrons. The second-order valence-corrected chi connectivity index (χ2v) is 4.22. The van der Waals surface area contributed by atoms with Gasteiger partial charge in [-0.1, -0.05) is 0 Å². The zero-order valence-corrected chi connectivity index (χ0v) is 9.37. The Kier molecular flexibility index (Phi) is 3.50. The molecule has 0 aromatic carbocycles. The molecule has 2 rings (SSSR count). The normalized spacial score (nSPS) is 27.9. The highest BCUT2D eigenvalue weighted by molar-refractivity contribution is 8.02. The Labute approximate surface area is 92.6 Å². The third-order valence-corrected chi connectivity index (χ3v) is 3.29. The number of hydrogen-bond donors (Lipinski definition) is 0. The average Bonchev–Trinajstić information content (AvgIpc) is 2.29. The molecule has 0 aromatic rings. The second kappa shape index (κ2) is 4.87. The van der Waals surface area contributed by atoms with Crippen LogP contribution in [0.5, 0.6) is 0 Å². The summed E-state index contributed by atoms with van der Waals surface area (Å²) < 4.78 is 5.26. The third kappa shape index (κ3) is 2.27. The molecule has 0 saturated carbocycles. The molecule has 6 heteroatoms. The zero-order valence-electron chi connectivity index (χ0n) is 8.55. The summed E-state index contributed by atoms with van der Waals surface area (Å²) in [6.45, 7) is 2.93. The van der Waals surface area contributed by atoms with Gasteiger partial charge in [0.2, 0.25) is 0 Å². The van der Waals surface area contributed by atoms with Crippen LogP contribution in [0, 0.1) is 0 Å². The Hall–Kier alpha value is -0.720. The summed E-state index contributed by atoms with van der Waals surface area (Å²) in [6, 6.07) is -0.235. The second-order valence-electron chi connectivity index (χ2n) is 3.34. The van der Waals surface area contributed by atoms with Crippen molar-refractivity contribution in [3.63, 3.8) is 0 Å². The summed E-state index contributed by atoms with van der Waals surface area (Å²) in [5.41, 5.74) is 0. The van der Waals surface area contributed by atoms with E-state index in [1.54, 1.807) is 18.0 Å². The van der Waals surface area contributed by atoms with Crippen LogP contribution >= 0.6 is 11.8 Å². The molecule has 1 fully saturated rings. The van der Waals surface area contributed by atoms with Crippen LogP contribution in [0.25, 0.3) is 0 Å². The minimum Gasteiger partial charge on any atom is -0.379 e. The summed E-state index contributed by atoms with van der Waals surface area (Å²) in [7, 11) is 0. The minimum absolute atomic E-state index is 0.163. The molecule has 15 heavy (non-hydrogen) atoms. The first-order chi connectivity index (χ1) is 7.33. The van der Waals surface area contributed by atoms with Gasteiger partial charge < -0.3 is 4.74 Å². The number of nitrogens with zero attached hydrogens (tertiary/aromatic N) is 3. The van der Waals surface area contributed by atoms with Crippen LogP contribution in [0.15, 0.2) is 21.3 Å². The lowest BCUT2D eigenvalue weighted by Gasteiger charge is -2.33. The van der Waals surface area contributed by atoms with E-state index in [-0.39, 0.29) is 11.9 Å². The molecule has 2 aliphatic heterocycles. The van der Waals surface area contributed by atoms with E-state index in [0.29, 0.717) is 13.2 Å². The highest BCUT2D eigenvalue weighted by Crippen LogP contribution is 2.25. The first-order valence-corrected chi connectivity index (χ1v) is 6.06. The first kappa shape index (κ1) is 10.8. The standard InChI is InChI=1S/C9H13N3O2S/c1-15-7-6-10-11-9(13)8(7)12-2-4-14-5-3-12/h6,8H,2-5H2,1H3. The van der Waals surface area contributed by atoms with Crippen molar-refractivity contribution >= 4 is 17.7 Å². The largest absolute Gasteiger partial charge is 0.379 e. The highest BCUT2D eigenvalue weighted by atomic mass is 32.2. The van der Waals surface area contributed by atoms with Gasteiger partial charge >= 0.3 is 0 Å². The van der Waals surface area contributed by atoms with Crippen molar-refractivity contribution in [1.29, 1.82) is 0 Å². The lowest BCUT2D eigenvalue weighted by atomic mass is 10.2. The molecule has 1 saturated heterocycles. The summed E-state index contributed by atoms with van der Waals surface area (Å²) in [6.07, 6.45) is 3.62. The van der Waals surface area contributed by atoms with Crippen molar-refractivity contribution in [2.45, 2.75) is 6.04 Å². The Morgan fingerprint density at radius 1 is 1.53 bits per heavy atom. The maximum atomic E-state index is 11.7. The number of azo groups is 1. The van der Waals surface area contributed by atoms with Crippen molar-refractivity contribution in [3.8, 4) is 0 Å². The number of rotatable bonds is 2. The van der Waals surface area contributed by atoms with Crippen molar-refractivity contribution < 1.29 is 9.53 Å². The van der Waals surface area contributed by atoms with Crippen LogP contribution in [0.2, 0.25) is 0 Å². The fourth-order valence-corrected chi connectivity index (χ4v) is 2.35. The fourth-order valence-electron chi connectivity index (χ4n) is 1.73. The molecule has 0 aromatic heterocycles. The number of thioether (sulfide) groups is 1. The van der Waals surface area contributed by atoms with Crippen molar-refractivity contribution in [2.24, 2.45) is 10.2 Å². The molecule has 5 nitrogen and oxygen atoms in total. The van der Waals surface area contributed by atoms with E-state index in [2.05, 4.69) is 15.1 Å². The minimum atomic E-state index is -0.235. The number of amides is 1. The van der Waals surface area contributed by atoms with E-state index in [1.807, 2.05) is 6.26 Å². The van der Waals surface area contributed by atoms with Gasteiger partial charge in [0.15, 0.2) is 0 Å². The molecule has 82 valence electrons. The number of morpholine rings is 1. The van der Waals surface area contributed by atoms with Crippen molar-refractivity contribution in [1.82, 2.24) is 4.90 Å². The van der Waals surface area contributed by atoms with Gasteiger partial charge in [-0.2, -0.15) is 5.11 Å². The first-order valence-electron chi connectivity index (χ1n) is 4.83. The topological polar surface area (TPSA) is 54.3 Å². The Bertz CT molecular complexity index is 310. The maximum absolute atomic E-state index is 11.7.